The molecule has 0 nitrogen and oxygen atoms in total. The van der Waals surface area contributed by atoms with Crippen LogP contribution in [0, 0.1) is 24.7 Å². The van der Waals surface area contributed by atoms with Crippen LogP contribution in [0.5, 0.6) is 0 Å². The minimum absolute atomic E-state index is 0.611. The summed E-state index contributed by atoms with van der Waals surface area (Å²) in [5.74, 6) is 2.23. The van der Waals surface area contributed by atoms with Crippen LogP contribution in [0.2, 0.25) is 0 Å². The van der Waals surface area contributed by atoms with Crippen molar-refractivity contribution >= 4 is 0 Å². The lowest BCUT2D eigenvalue weighted by Crippen LogP contribution is -2.15. The molecule has 61 valence electrons. The highest BCUT2D eigenvalue weighted by atomic mass is 14.2. The molecule has 0 heterocycles. The van der Waals surface area contributed by atoms with Gasteiger partial charge in [-0.15, -0.1) is 0 Å². The van der Waals surface area contributed by atoms with E-state index in [9.17, 15) is 0 Å². The van der Waals surface area contributed by atoms with Crippen LogP contribution < -0.4 is 0 Å². The predicted molar refractivity (Wildman–Crippen MR) is 47.8 cm³/mol. The summed E-state index contributed by atoms with van der Waals surface area (Å²) in [5.41, 5.74) is 0. The van der Waals surface area contributed by atoms with Crippen LogP contribution in [0.15, 0.2) is 0 Å². The first-order valence-electron chi connectivity index (χ1n) is 4.42. The van der Waals surface area contributed by atoms with E-state index in [0.29, 0.717) is 5.92 Å². The number of rotatable bonds is 4. The molecule has 0 saturated carbocycles. The molecule has 0 aromatic carbocycles. The van der Waals surface area contributed by atoms with E-state index < -0.39 is 0 Å². The molecular formula is C10H21. The van der Waals surface area contributed by atoms with E-state index in [1.165, 1.54) is 12.8 Å². The maximum Gasteiger partial charge on any atom is -0.0365 e. The maximum atomic E-state index is 4.08. The fourth-order valence-electron chi connectivity index (χ4n) is 1.61. The van der Waals surface area contributed by atoms with Gasteiger partial charge in [0.2, 0.25) is 0 Å². The fraction of sp³-hybridized carbons (Fsp3) is 0.900. The lowest BCUT2D eigenvalue weighted by Gasteiger charge is -2.23. The van der Waals surface area contributed by atoms with Gasteiger partial charge in [0.1, 0.15) is 0 Å². The maximum absolute atomic E-state index is 4.08. The summed E-state index contributed by atoms with van der Waals surface area (Å²) in [6.45, 7) is 13.1. The van der Waals surface area contributed by atoms with Crippen molar-refractivity contribution < 1.29 is 0 Å². The quantitative estimate of drug-likeness (QED) is 0.562. The zero-order valence-corrected chi connectivity index (χ0v) is 7.85. The van der Waals surface area contributed by atoms with E-state index in [1.807, 2.05) is 0 Å². The van der Waals surface area contributed by atoms with Gasteiger partial charge in [-0.1, -0.05) is 47.5 Å². The van der Waals surface area contributed by atoms with Crippen LogP contribution in [0.4, 0.5) is 0 Å². The Kier molecular flexibility index (Phi) is 4.76. The molecule has 0 rings (SSSR count). The van der Waals surface area contributed by atoms with Crippen LogP contribution in [-0.2, 0) is 0 Å². The average Bonchev–Trinajstić information content (AvgIpc) is 1.81. The molecule has 0 amide bonds. The SMILES string of the molecule is [CH2]C(C)C(CCC)C(C)C. The molecule has 0 N–H and O–H groups in total. The zero-order valence-electron chi connectivity index (χ0n) is 7.85. The first kappa shape index (κ1) is 10.0. The molecule has 0 aliphatic rings. The van der Waals surface area contributed by atoms with Gasteiger partial charge in [0.25, 0.3) is 0 Å². The molecule has 0 aliphatic heterocycles. The molecule has 0 aromatic rings. The monoisotopic (exact) mass is 141 g/mol. The summed E-state index contributed by atoms with van der Waals surface area (Å²) in [6.07, 6.45) is 2.63. The molecule has 0 aromatic heterocycles. The highest BCUT2D eigenvalue weighted by Crippen LogP contribution is 2.24. The molecular weight excluding hydrogens is 120 g/mol. The van der Waals surface area contributed by atoms with Crippen LogP contribution >= 0.6 is 0 Å². The van der Waals surface area contributed by atoms with Crippen molar-refractivity contribution in [3.05, 3.63) is 6.92 Å². The zero-order chi connectivity index (χ0) is 8.15. The van der Waals surface area contributed by atoms with Gasteiger partial charge in [-0.3, -0.25) is 0 Å². The standard InChI is InChI=1S/C10H21/c1-6-7-10(8(2)3)9(4)5/h8-10H,2,6-7H2,1,3-5H3. The molecule has 0 fully saturated rings. The Labute approximate surface area is 66.0 Å². The molecule has 0 spiro atoms. The van der Waals surface area contributed by atoms with E-state index in [-0.39, 0.29) is 0 Å². The molecule has 0 aliphatic carbocycles. The minimum Gasteiger partial charge on any atom is -0.0654 e. The average molecular weight is 141 g/mol. The van der Waals surface area contributed by atoms with Gasteiger partial charge < -0.3 is 0 Å². The van der Waals surface area contributed by atoms with E-state index >= 15 is 0 Å². The Morgan fingerprint density at radius 1 is 1.20 bits per heavy atom. The van der Waals surface area contributed by atoms with Crippen molar-refractivity contribution in [1.29, 1.82) is 0 Å². The number of hydrogen-bond donors (Lipinski definition) is 0. The van der Waals surface area contributed by atoms with Crippen LogP contribution in [0.25, 0.3) is 0 Å². The molecule has 0 heteroatoms. The van der Waals surface area contributed by atoms with E-state index in [0.717, 1.165) is 11.8 Å². The molecule has 0 bridgehead atoms. The van der Waals surface area contributed by atoms with Gasteiger partial charge in [-0.2, -0.15) is 0 Å². The molecule has 0 saturated heterocycles. The van der Waals surface area contributed by atoms with E-state index in [1.54, 1.807) is 0 Å². The van der Waals surface area contributed by atoms with Gasteiger partial charge in [0.05, 0.1) is 0 Å². The largest absolute Gasteiger partial charge is 0.0654 e. The Bertz CT molecular complexity index is 64.1. The van der Waals surface area contributed by atoms with Gasteiger partial charge in [0.15, 0.2) is 0 Å². The highest BCUT2D eigenvalue weighted by Gasteiger charge is 2.15. The van der Waals surface area contributed by atoms with Crippen LogP contribution in [0.3, 0.4) is 0 Å². The van der Waals surface area contributed by atoms with Crippen molar-refractivity contribution in [3.63, 3.8) is 0 Å². The minimum atomic E-state index is 0.611. The first-order valence-corrected chi connectivity index (χ1v) is 4.42. The van der Waals surface area contributed by atoms with Crippen molar-refractivity contribution in [1.82, 2.24) is 0 Å². The number of hydrogen-bond acceptors (Lipinski definition) is 0. The smallest absolute Gasteiger partial charge is 0.0365 e. The van der Waals surface area contributed by atoms with Gasteiger partial charge in [0, 0.05) is 0 Å². The first-order chi connectivity index (χ1) is 4.59. The van der Waals surface area contributed by atoms with E-state index in [2.05, 4.69) is 34.6 Å². The Balaban J connectivity index is 3.73. The highest BCUT2D eigenvalue weighted by molar-refractivity contribution is 4.70. The third kappa shape index (κ3) is 3.24. The Morgan fingerprint density at radius 3 is 1.80 bits per heavy atom. The van der Waals surface area contributed by atoms with Crippen molar-refractivity contribution in [3.8, 4) is 0 Å². The molecule has 10 heavy (non-hydrogen) atoms. The third-order valence-corrected chi connectivity index (χ3v) is 2.21. The molecule has 2 atom stereocenters. The van der Waals surface area contributed by atoms with Crippen molar-refractivity contribution in [2.45, 2.75) is 40.5 Å². The van der Waals surface area contributed by atoms with Gasteiger partial charge >= 0.3 is 0 Å². The van der Waals surface area contributed by atoms with Crippen LogP contribution in [-0.4, -0.2) is 0 Å². The third-order valence-electron chi connectivity index (χ3n) is 2.21. The second-order valence-electron chi connectivity index (χ2n) is 3.67. The summed E-state index contributed by atoms with van der Waals surface area (Å²) in [4.78, 5) is 0. The topological polar surface area (TPSA) is 0 Å². The fourth-order valence-corrected chi connectivity index (χ4v) is 1.61. The molecule has 1 radical (unpaired) electrons. The van der Waals surface area contributed by atoms with Crippen LogP contribution in [0.1, 0.15) is 40.5 Å². The van der Waals surface area contributed by atoms with Gasteiger partial charge in [-0.05, 0) is 17.8 Å². The summed E-state index contributed by atoms with van der Waals surface area (Å²) < 4.78 is 0. The lowest BCUT2D eigenvalue weighted by atomic mass is 9.82. The van der Waals surface area contributed by atoms with Crippen molar-refractivity contribution in [2.75, 3.05) is 0 Å². The molecule has 2 unspecified atom stereocenters. The second-order valence-corrected chi connectivity index (χ2v) is 3.67. The second kappa shape index (κ2) is 4.76. The summed E-state index contributed by atoms with van der Waals surface area (Å²) in [7, 11) is 0. The summed E-state index contributed by atoms with van der Waals surface area (Å²) in [6, 6.07) is 0. The Morgan fingerprint density at radius 2 is 1.70 bits per heavy atom. The summed E-state index contributed by atoms with van der Waals surface area (Å²) in [5, 5.41) is 0. The van der Waals surface area contributed by atoms with E-state index in [4.69, 9.17) is 0 Å². The van der Waals surface area contributed by atoms with Gasteiger partial charge in [-0.25, -0.2) is 0 Å². The summed E-state index contributed by atoms with van der Waals surface area (Å²) >= 11 is 0. The van der Waals surface area contributed by atoms with Crippen molar-refractivity contribution in [2.24, 2.45) is 17.8 Å². The normalized spacial score (nSPS) is 12.0. The Hall–Kier alpha value is 0. The lowest BCUT2D eigenvalue weighted by molar-refractivity contribution is 0.288. The predicted octanol–water partition coefficient (Wildman–Crippen LogP) is 3.53.